The number of aliphatic hydroxyl groups excluding tert-OH is 1. The standard InChI is InChI=1S/C25H27F3N4O6/c1-31(17-34)22-21(23(35)29-11-6-12-33)32(16-18-7-3-2-4-8-18)24(30-22)37-14-13-36-19-9-5-10-20(15-19)38-25(26,27)28/h2-5,7-10,15,17,33H,6,11-14,16H2,1H3,(H,29,35). The smallest absolute Gasteiger partial charge is 0.490 e. The molecular weight excluding hydrogens is 509 g/mol. The number of amides is 2. The lowest BCUT2D eigenvalue weighted by molar-refractivity contribution is -0.274. The van der Waals surface area contributed by atoms with Gasteiger partial charge >= 0.3 is 6.36 Å². The van der Waals surface area contributed by atoms with Crippen LogP contribution in [-0.2, 0) is 11.3 Å². The number of benzene rings is 2. The molecule has 38 heavy (non-hydrogen) atoms. The summed E-state index contributed by atoms with van der Waals surface area (Å²) >= 11 is 0. The van der Waals surface area contributed by atoms with Crippen molar-refractivity contribution < 1.29 is 42.1 Å². The number of aromatic nitrogens is 2. The molecule has 204 valence electrons. The second kappa shape index (κ2) is 13.3. The normalized spacial score (nSPS) is 11.1. The molecule has 0 aliphatic rings. The summed E-state index contributed by atoms with van der Waals surface area (Å²) in [4.78, 5) is 30.1. The zero-order valence-corrected chi connectivity index (χ0v) is 20.5. The highest BCUT2D eigenvalue weighted by Crippen LogP contribution is 2.28. The van der Waals surface area contributed by atoms with Crippen LogP contribution in [0.15, 0.2) is 54.6 Å². The Morgan fingerprint density at radius 3 is 2.50 bits per heavy atom. The summed E-state index contributed by atoms with van der Waals surface area (Å²) in [7, 11) is 1.44. The average molecular weight is 537 g/mol. The molecule has 3 aromatic rings. The van der Waals surface area contributed by atoms with Crippen LogP contribution in [0.2, 0.25) is 0 Å². The fourth-order valence-corrected chi connectivity index (χ4v) is 3.38. The minimum atomic E-state index is -4.83. The predicted octanol–water partition coefficient (Wildman–Crippen LogP) is 2.99. The minimum Gasteiger partial charge on any atom is -0.490 e. The van der Waals surface area contributed by atoms with Gasteiger partial charge in [0.15, 0.2) is 11.5 Å². The van der Waals surface area contributed by atoms with Gasteiger partial charge in [-0.15, -0.1) is 13.2 Å². The van der Waals surface area contributed by atoms with Gasteiger partial charge < -0.3 is 29.5 Å². The number of anilines is 1. The Labute approximate surface area is 216 Å². The molecule has 0 saturated carbocycles. The molecule has 2 N–H and O–H groups in total. The summed E-state index contributed by atoms with van der Waals surface area (Å²) in [6.45, 7) is 0.147. The molecule has 0 atom stereocenters. The SMILES string of the molecule is CN(C=O)c1nc(OCCOc2cccc(OC(F)(F)F)c2)n(Cc2ccccc2)c1C(=O)NCCCO. The highest BCUT2D eigenvalue weighted by Gasteiger charge is 2.31. The molecule has 2 amide bonds. The van der Waals surface area contributed by atoms with Gasteiger partial charge in [-0.3, -0.25) is 14.2 Å². The maximum Gasteiger partial charge on any atom is 0.573 e. The van der Waals surface area contributed by atoms with Gasteiger partial charge in [0.1, 0.15) is 24.7 Å². The van der Waals surface area contributed by atoms with Crippen molar-refractivity contribution in [1.82, 2.24) is 14.9 Å². The molecule has 0 unspecified atom stereocenters. The Morgan fingerprint density at radius 2 is 1.82 bits per heavy atom. The van der Waals surface area contributed by atoms with E-state index < -0.39 is 18.0 Å². The van der Waals surface area contributed by atoms with Crippen LogP contribution in [-0.4, -0.2) is 66.8 Å². The lowest BCUT2D eigenvalue weighted by Gasteiger charge is -2.15. The van der Waals surface area contributed by atoms with Gasteiger partial charge in [0.2, 0.25) is 6.41 Å². The lowest BCUT2D eigenvalue weighted by Crippen LogP contribution is -2.30. The lowest BCUT2D eigenvalue weighted by atomic mass is 10.2. The molecule has 0 aliphatic heterocycles. The molecule has 0 aliphatic carbocycles. The van der Waals surface area contributed by atoms with Gasteiger partial charge in [0.25, 0.3) is 11.9 Å². The van der Waals surface area contributed by atoms with Crippen LogP contribution in [0.3, 0.4) is 0 Å². The van der Waals surface area contributed by atoms with E-state index >= 15 is 0 Å². The Hall–Kier alpha value is -4.26. The van der Waals surface area contributed by atoms with Gasteiger partial charge in [-0.05, 0) is 24.1 Å². The van der Waals surface area contributed by atoms with Crippen LogP contribution in [0.5, 0.6) is 17.5 Å². The van der Waals surface area contributed by atoms with Crippen molar-refractivity contribution in [2.45, 2.75) is 19.3 Å². The van der Waals surface area contributed by atoms with Crippen LogP contribution in [0.4, 0.5) is 19.0 Å². The number of hydrogen-bond donors (Lipinski definition) is 2. The molecule has 10 nitrogen and oxygen atoms in total. The number of ether oxygens (including phenoxy) is 3. The van der Waals surface area contributed by atoms with Gasteiger partial charge in [0.05, 0.1) is 6.54 Å². The van der Waals surface area contributed by atoms with E-state index in [0.717, 1.165) is 22.6 Å². The molecule has 13 heteroatoms. The van der Waals surface area contributed by atoms with Crippen LogP contribution in [0.25, 0.3) is 0 Å². The third-order valence-corrected chi connectivity index (χ3v) is 5.05. The van der Waals surface area contributed by atoms with Crippen LogP contribution in [0.1, 0.15) is 22.5 Å². The topological polar surface area (TPSA) is 115 Å². The van der Waals surface area contributed by atoms with Crippen molar-refractivity contribution in [1.29, 1.82) is 0 Å². The fraction of sp³-hybridized carbons (Fsp3) is 0.320. The minimum absolute atomic E-state index is 0.0302. The Morgan fingerprint density at radius 1 is 1.11 bits per heavy atom. The highest BCUT2D eigenvalue weighted by molar-refractivity contribution is 5.99. The molecule has 2 aromatic carbocycles. The summed E-state index contributed by atoms with van der Waals surface area (Å²) in [6.07, 6.45) is -3.98. The number of alkyl halides is 3. The third-order valence-electron chi connectivity index (χ3n) is 5.05. The molecule has 0 bridgehead atoms. The molecule has 3 rings (SSSR count). The fourth-order valence-electron chi connectivity index (χ4n) is 3.38. The van der Waals surface area contributed by atoms with Crippen molar-refractivity contribution in [2.75, 3.05) is 38.3 Å². The first kappa shape index (κ1) is 28.3. The largest absolute Gasteiger partial charge is 0.573 e. The molecule has 0 fully saturated rings. The highest BCUT2D eigenvalue weighted by atomic mass is 19.4. The Balaban J connectivity index is 1.80. The van der Waals surface area contributed by atoms with Crippen molar-refractivity contribution in [3.63, 3.8) is 0 Å². The molecule has 0 saturated heterocycles. The van der Waals surface area contributed by atoms with E-state index in [9.17, 15) is 22.8 Å². The molecule has 0 spiro atoms. The summed E-state index contributed by atoms with van der Waals surface area (Å²) < 4.78 is 54.1. The van der Waals surface area contributed by atoms with Crippen LogP contribution < -0.4 is 24.4 Å². The predicted molar refractivity (Wildman–Crippen MR) is 130 cm³/mol. The van der Waals surface area contributed by atoms with Crippen molar-refractivity contribution >= 4 is 18.1 Å². The van der Waals surface area contributed by atoms with Gasteiger partial charge in [-0.1, -0.05) is 36.4 Å². The van der Waals surface area contributed by atoms with Gasteiger partial charge in [-0.25, -0.2) is 0 Å². The van der Waals surface area contributed by atoms with E-state index in [0.29, 0.717) is 12.8 Å². The first-order valence-electron chi connectivity index (χ1n) is 11.5. The number of halogens is 3. The second-order valence-electron chi connectivity index (χ2n) is 7.91. The van der Waals surface area contributed by atoms with E-state index in [2.05, 4.69) is 15.0 Å². The van der Waals surface area contributed by atoms with E-state index in [4.69, 9.17) is 14.6 Å². The number of nitrogens with zero attached hydrogens (tertiary/aromatic N) is 3. The van der Waals surface area contributed by atoms with E-state index in [1.54, 1.807) is 0 Å². The first-order chi connectivity index (χ1) is 18.2. The number of carbonyl (C=O) groups excluding carboxylic acids is 2. The molecular formula is C25H27F3N4O6. The zero-order chi connectivity index (χ0) is 27.5. The summed E-state index contributed by atoms with van der Waals surface area (Å²) in [5.74, 6) is -0.746. The number of hydrogen-bond acceptors (Lipinski definition) is 7. The van der Waals surface area contributed by atoms with Gasteiger partial charge in [-0.2, -0.15) is 4.98 Å². The summed E-state index contributed by atoms with van der Waals surface area (Å²) in [6, 6.07) is 14.3. The zero-order valence-electron chi connectivity index (χ0n) is 20.5. The van der Waals surface area contributed by atoms with Crippen LogP contribution in [0, 0.1) is 0 Å². The Bertz CT molecular complexity index is 1200. The van der Waals surface area contributed by atoms with E-state index in [1.807, 2.05) is 30.3 Å². The maximum atomic E-state index is 13.1. The first-order valence-corrected chi connectivity index (χ1v) is 11.5. The van der Waals surface area contributed by atoms with Crippen molar-refractivity contribution in [3.05, 3.63) is 65.9 Å². The molecule has 0 radical (unpaired) electrons. The summed E-state index contributed by atoms with van der Waals surface area (Å²) in [5.41, 5.74) is 0.909. The number of rotatable bonds is 14. The van der Waals surface area contributed by atoms with E-state index in [1.165, 1.54) is 23.7 Å². The summed E-state index contributed by atoms with van der Waals surface area (Å²) in [5, 5.41) is 11.7. The van der Waals surface area contributed by atoms with E-state index in [-0.39, 0.29) is 56.2 Å². The number of nitrogens with one attached hydrogen (secondary N) is 1. The number of imidazole rings is 1. The Kier molecular flexibility index (Phi) is 9.93. The monoisotopic (exact) mass is 536 g/mol. The maximum absolute atomic E-state index is 13.1. The van der Waals surface area contributed by atoms with Crippen LogP contribution >= 0.6 is 0 Å². The average Bonchev–Trinajstić information content (AvgIpc) is 3.24. The molecule has 1 aromatic heterocycles. The quantitative estimate of drug-likeness (QED) is 0.241. The second-order valence-corrected chi connectivity index (χ2v) is 7.91. The number of carbonyl (C=O) groups is 2. The van der Waals surface area contributed by atoms with Crippen molar-refractivity contribution in [3.8, 4) is 17.5 Å². The third kappa shape index (κ3) is 8.13. The van der Waals surface area contributed by atoms with Crippen molar-refractivity contribution in [2.24, 2.45) is 0 Å². The van der Waals surface area contributed by atoms with Gasteiger partial charge in [0, 0.05) is 26.3 Å². The number of aliphatic hydroxyl groups is 1. The molecule has 1 heterocycles.